The first kappa shape index (κ1) is 8.88. The number of ether oxygens (including phenoxy) is 2. The van der Waals surface area contributed by atoms with Crippen LogP contribution >= 0.6 is 0 Å². The first-order valence-corrected chi connectivity index (χ1v) is 2.57. The molecule has 0 aromatic heterocycles. The second kappa shape index (κ2) is 4.73. The van der Waals surface area contributed by atoms with E-state index < -0.39 is 6.10 Å². The van der Waals surface area contributed by atoms with Crippen molar-refractivity contribution in [3.05, 3.63) is 5.76 Å². The third kappa shape index (κ3) is 2.01. The van der Waals surface area contributed by atoms with Crippen LogP contribution in [0, 0.1) is 0 Å². The Kier molecular flexibility index (Phi) is 4.20. The minimum Gasteiger partial charge on any atom is -0.487 e. The lowest BCUT2D eigenvalue weighted by Gasteiger charge is -2.06. The van der Waals surface area contributed by atoms with E-state index in [1.807, 2.05) is 0 Å². The first-order valence-electron chi connectivity index (χ1n) is 2.57. The van der Waals surface area contributed by atoms with Crippen molar-refractivity contribution in [2.45, 2.75) is 6.10 Å². The van der Waals surface area contributed by atoms with Gasteiger partial charge in [0.25, 0.3) is 0 Å². The Bertz CT molecular complexity index is 157. The Morgan fingerprint density at radius 2 is 2.20 bits per heavy atom. The van der Waals surface area contributed by atoms with E-state index in [2.05, 4.69) is 9.47 Å². The van der Waals surface area contributed by atoms with Gasteiger partial charge in [0.05, 0.1) is 7.11 Å². The second-order valence-electron chi connectivity index (χ2n) is 1.46. The summed E-state index contributed by atoms with van der Waals surface area (Å²) >= 11 is 0. The Morgan fingerprint density at radius 1 is 1.60 bits per heavy atom. The molecule has 0 aliphatic rings. The van der Waals surface area contributed by atoms with Crippen LogP contribution in [0.25, 0.3) is 0 Å². The maximum absolute atomic E-state index is 10.1. The molecule has 0 unspecified atom stereocenters. The summed E-state index contributed by atoms with van der Waals surface area (Å²) in [5.74, 6) is 1.30. The van der Waals surface area contributed by atoms with Gasteiger partial charge in [0, 0.05) is 7.11 Å². The molecule has 0 saturated carbocycles. The van der Waals surface area contributed by atoms with Gasteiger partial charge in [-0.3, -0.25) is 4.79 Å². The van der Waals surface area contributed by atoms with Gasteiger partial charge in [0.2, 0.25) is 5.76 Å². The molecule has 4 nitrogen and oxygen atoms in total. The molecule has 0 amide bonds. The van der Waals surface area contributed by atoms with Gasteiger partial charge in [0.1, 0.15) is 0 Å². The molecule has 0 aromatic rings. The van der Waals surface area contributed by atoms with Crippen LogP contribution in [-0.2, 0) is 19.1 Å². The largest absolute Gasteiger partial charge is 0.487 e. The lowest BCUT2D eigenvalue weighted by Crippen LogP contribution is -2.16. The normalized spacial score (nSPS) is 11.4. The summed E-state index contributed by atoms with van der Waals surface area (Å²) in [6, 6.07) is 0. The lowest BCUT2D eigenvalue weighted by molar-refractivity contribution is -0.116. The van der Waals surface area contributed by atoms with E-state index in [4.69, 9.17) is 0 Å². The molecule has 0 N–H and O–H groups in total. The summed E-state index contributed by atoms with van der Waals surface area (Å²) in [6.45, 7) is 0. The fourth-order valence-electron chi connectivity index (χ4n) is 0.440. The molecule has 0 radical (unpaired) electrons. The van der Waals surface area contributed by atoms with E-state index >= 15 is 0 Å². The Morgan fingerprint density at radius 3 is 2.30 bits per heavy atom. The van der Waals surface area contributed by atoms with Crippen molar-refractivity contribution in [1.82, 2.24) is 0 Å². The van der Waals surface area contributed by atoms with Crippen LogP contribution in [0.3, 0.4) is 0 Å². The summed E-state index contributed by atoms with van der Waals surface area (Å²) in [6.07, 6.45) is -0.466. The van der Waals surface area contributed by atoms with Crippen LogP contribution in [0.15, 0.2) is 5.76 Å². The van der Waals surface area contributed by atoms with E-state index in [1.54, 1.807) is 0 Å². The zero-order valence-electron chi connectivity index (χ0n) is 5.79. The molecule has 0 aromatic carbocycles. The number of carbonyl (C=O) groups excluding carboxylic acids is 2. The van der Waals surface area contributed by atoms with E-state index in [1.165, 1.54) is 20.2 Å². The molecule has 0 bridgehead atoms. The van der Waals surface area contributed by atoms with Crippen LogP contribution in [-0.4, -0.2) is 32.6 Å². The molecule has 0 rings (SSSR count). The summed E-state index contributed by atoms with van der Waals surface area (Å²) in [7, 11) is 2.57. The SMILES string of the molecule is COC(=C=O)[C@H](C=O)OC. The fourth-order valence-corrected chi connectivity index (χ4v) is 0.440. The molecule has 4 heteroatoms. The quantitative estimate of drug-likeness (QED) is 0.305. The second-order valence-corrected chi connectivity index (χ2v) is 1.46. The predicted octanol–water partition coefficient (Wildman–Crippen LogP) is -0.438. The zero-order valence-corrected chi connectivity index (χ0v) is 5.79. The molecule has 0 fully saturated rings. The smallest absolute Gasteiger partial charge is 0.216 e. The standard InChI is InChI=1S/C6H8O4/c1-9-5(3-7)6(4-8)10-2/h3,5H,1-2H3/t5-/m0/s1. The van der Waals surface area contributed by atoms with Crippen molar-refractivity contribution >= 4 is 12.2 Å². The van der Waals surface area contributed by atoms with Gasteiger partial charge in [-0.15, -0.1) is 0 Å². The third-order valence-electron chi connectivity index (χ3n) is 0.956. The van der Waals surface area contributed by atoms with E-state index in [9.17, 15) is 9.59 Å². The van der Waals surface area contributed by atoms with Gasteiger partial charge >= 0.3 is 0 Å². The minimum atomic E-state index is -0.928. The lowest BCUT2D eigenvalue weighted by atomic mass is 10.3. The average molecular weight is 144 g/mol. The van der Waals surface area contributed by atoms with Gasteiger partial charge in [-0.2, -0.15) is 0 Å². The molecule has 0 spiro atoms. The zero-order chi connectivity index (χ0) is 7.98. The van der Waals surface area contributed by atoms with Crippen LogP contribution in [0.5, 0.6) is 0 Å². The highest BCUT2D eigenvalue weighted by Gasteiger charge is 2.12. The van der Waals surface area contributed by atoms with Crippen LogP contribution < -0.4 is 0 Å². The molecule has 10 heavy (non-hydrogen) atoms. The summed E-state index contributed by atoms with van der Waals surface area (Å²) in [5, 5.41) is 0. The first-order chi connectivity index (χ1) is 4.79. The summed E-state index contributed by atoms with van der Waals surface area (Å²) in [4.78, 5) is 20.1. The Hall–Kier alpha value is -1.12. The fraction of sp³-hybridized carbons (Fsp3) is 0.500. The molecule has 56 valence electrons. The van der Waals surface area contributed by atoms with Crippen LogP contribution in [0.2, 0.25) is 0 Å². The van der Waals surface area contributed by atoms with Gasteiger partial charge in [0.15, 0.2) is 18.3 Å². The van der Waals surface area contributed by atoms with Crippen molar-refractivity contribution in [2.24, 2.45) is 0 Å². The van der Waals surface area contributed by atoms with Gasteiger partial charge < -0.3 is 9.47 Å². The number of carbonyl (C=O) groups is 1. The molecule has 0 aliphatic carbocycles. The Labute approximate surface area is 58.4 Å². The maximum Gasteiger partial charge on any atom is 0.216 e. The van der Waals surface area contributed by atoms with Crippen molar-refractivity contribution in [2.75, 3.05) is 14.2 Å². The molecule has 0 heterocycles. The maximum atomic E-state index is 10.1. The van der Waals surface area contributed by atoms with E-state index in [0.29, 0.717) is 6.29 Å². The highest BCUT2D eigenvalue weighted by Crippen LogP contribution is 1.98. The van der Waals surface area contributed by atoms with Crippen molar-refractivity contribution in [1.29, 1.82) is 0 Å². The summed E-state index contributed by atoms with van der Waals surface area (Å²) < 4.78 is 9.03. The monoisotopic (exact) mass is 144 g/mol. The van der Waals surface area contributed by atoms with Crippen LogP contribution in [0.4, 0.5) is 0 Å². The van der Waals surface area contributed by atoms with Gasteiger partial charge in [-0.05, 0) is 0 Å². The number of hydrogen-bond acceptors (Lipinski definition) is 4. The molecule has 0 saturated heterocycles. The van der Waals surface area contributed by atoms with Gasteiger partial charge in [-0.1, -0.05) is 0 Å². The average Bonchev–Trinajstić information content (AvgIpc) is 2.00. The highest BCUT2D eigenvalue weighted by atomic mass is 16.5. The molecule has 0 aliphatic heterocycles. The topological polar surface area (TPSA) is 52.6 Å². The number of aldehydes is 1. The van der Waals surface area contributed by atoms with Crippen molar-refractivity contribution in [3.63, 3.8) is 0 Å². The van der Waals surface area contributed by atoms with E-state index in [-0.39, 0.29) is 5.76 Å². The van der Waals surface area contributed by atoms with Gasteiger partial charge in [-0.25, -0.2) is 4.79 Å². The highest BCUT2D eigenvalue weighted by molar-refractivity contribution is 5.67. The van der Waals surface area contributed by atoms with E-state index in [0.717, 1.165) is 0 Å². The third-order valence-corrected chi connectivity index (χ3v) is 0.956. The molecule has 1 atom stereocenters. The predicted molar refractivity (Wildman–Crippen MR) is 33.1 cm³/mol. The molecular weight excluding hydrogens is 136 g/mol. The number of hydrogen-bond donors (Lipinski definition) is 0. The molecular formula is C6H8O4. The number of rotatable bonds is 4. The van der Waals surface area contributed by atoms with Crippen molar-refractivity contribution < 1.29 is 19.1 Å². The number of methoxy groups -OCH3 is 2. The minimum absolute atomic E-state index is 0.141. The Balaban J connectivity index is 4.24. The van der Waals surface area contributed by atoms with Crippen LogP contribution in [0.1, 0.15) is 0 Å². The van der Waals surface area contributed by atoms with Crippen molar-refractivity contribution in [3.8, 4) is 0 Å². The summed E-state index contributed by atoms with van der Waals surface area (Å²) in [5.41, 5.74) is 0.